The summed E-state index contributed by atoms with van der Waals surface area (Å²) in [6.07, 6.45) is 1.78. The number of nitrogens with zero attached hydrogens (tertiary/aromatic N) is 1. The van der Waals surface area contributed by atoms with Crippen LogP contribution in [-0.4, -0.2) is 4.98 Å². The summed E-state index contributed by atoms with van der Waals surface area (Å²) in [5.41, 5.74) is 6.26. The summed E-state index contributed by atoms with van der Waals surface area (Å²) in [5.74, 6) is -0.374. The second kappa shape index (κ2) is 5.04. The average Bonchev–Trinajstić information content (AvgIpc) is 2.85. The summed E-state index contributed by atoms with van der Waals surface area (Å²) in [5, 5.41) is 6.32. The highest BCUT2D eigenvalue weighted by Gasteiger charge is 2.22. The number of aromatic nitrogens is 1. The molecule has 3 N–H and O–H groups in total. The summed E-state index contributed by atoms with van der Waals surface area (Å²) < 4.78 is 13.3. The second-order valence-corrected chi connectivity index (χ2v) is 5.57. The van der Waals surface area contributed by atoms with Crippen LogP contribution in [0.4, 0.5) is 10.1 Å². The molecule has 0 saturated heterocycles. The van der Waals surface area contributed by atoms with Crippen molar-refractivity contribution in [3.8, 4) is 0 Å². The van der Waals surface area contributed by atoms with E-state index in [9.17, 15) is 4.39 Å². The number of nitrogens with one attached hydrogen (secondary N) is 1. The van der Waals surface area contributed by atoms with Crippen molar-refractivity contribution < 1.29 is 4.39 Å². The second-order valence-electron chi connectivity index (χ2n) is 4.67. The third kappa shape index (κ3) is 2.86. The van der Waals surface area contributed by atoms with Gasteiger partial charge in [0.15, 0.2) is 0 Å². The van der Waals surface area contributed by atoms with Crippen molar-refractivity contribution in [1.29, 1.82) is 0 Å². The highest BCUT2D eigenvalue weighted by Crippen LogP contribution is 2.22. The topological polar surface area (TPSA) is 50.9 Å². The van der Waals surface area contributed by atoms with Gasteiger partial charge in [-0.15, -0.1) is 11.3 Å². The van der Waals surface area contributed by atoms with Crippen molar-refractivity contribution in [2.24, 2.45) is 0 Å². The first-order valence-corrected chi connectivity index (χ1v) is 6.56. The van der Waals surface area contributed by atoms with Crippen LogP contribution in [0, 0.1) is 5.82 Å². The molecule has 2 rings (SSSR count). The zero-order chi connectivity index (χ0) is 13.2. The Balaban J connectivity index is 2.05. The van der Waals surface area contributed by atoms with Crippen LogP contribution in [0.25, 0.3) is 0 Å². The molecular weight excluding hydrogens is 249 g/mol. The van der Waals surface area contributed by atoms with Gasteiger partial charge in [0.1, 0.15) is 10.8 Å². The van der Waals surface area contributed by atoms with E-state index in [1.54, 1.807) is 23.6 Å². The monoisotopic (exact) mass is 265 g/mol. The molecule has 18 heavy (non-hydrogen) atoms. The normalized spacial score (nSPS) is 11.7. The SMILES string of the molecule is CC(C)(NCc1ccc(N)c(F)c1)c1nccs1. The molecule has 5 heteroatoms. The van der Waals surface area contributed by atoms with Crippen LogP contribution in [0.1, 0.15) is 24.4 Å². The fraction of sp³-hybridized carbons (Fsp3) is 0.308. The number of rotatable bonds is 4. The summed E-state index contributed by atoms with van der Waals surface area (Å²) in [7, 11) is 0. The molecule has 1 heterocycles. The van der Waals surface area contributed by atoms with E-state index in [1.807, 2.05) is 11.4 Å². The molecule has 0 spiro atoms. The van der Waals surface area contributed by atoms with Gasteiger partial charge in [0.2, 0.25) is 0 Å². The lowest BCUT2D eigenvalue weighted by Crippen LogP contribution is -2.35. The maximum Gasteiger partial charge on any atom is 0.146 e. The summed E-state index contributed by atoms with van der Waals surface area (Å²) in [4.78, 5) is 4.29. The van der Waals surface area contributed by atoms with Crippen LogP contribution in [0.5, 0.6) is 0 Å². The third-order valence-corrected chi connectivity index (χ3v) is 3.86. The Morgan fingerprint density at radius 2 is 2.22 bits per heavy atom. The Morgan fingerprint density at radius 1 is 1.44 bits per heavy atom. The van der Waals surface area contributed by atoms with E-state index >= 15 is 0 Å². The number of hydrogen-bond acceptors (Lipinski definition) is 4. The van der Waals surface area contributed by atoms with Gasteiger partial charge in [-0.2, -0.15) is 0 Å². The average molecular weight is 265 g/mol. The van der Waals surface area contributed by atoms with Crippen LogP contribution >= 0.6 is 11.3 Å². The van der Waals surface area contributed by atoms with Crippen molar-refractivity contribution >= 4 is 17.0 Å². The van der Waals surface area contributed by atoms with E-state index in [4.69, 9.17) is 5.73 Å². The first-order chi connectivity index (χ1) is 8.49. The van der Waals surface area contributed by atoms with Crippen molar-refractivity contribution in [2.45, 2.75) is 25.9 Å². The fourth-order valence-corrected chi connectivity index (χ4v) is 2.35. The van der Waals surface area contributed by atoms with Gasteiger partial charge in [0.05, 0.1) is 11.2 Å². The van der Waals surface area contributed by atoms with Crippen LogP contribution in [0.2, 0.25) is 0 Å². The first-order valence-electron chi connectivity index (χ1n) is 5.68. The summed E-state index contributed by atoms with van der Waals surface area (Å²) >= 11 is 1.60. The van der Waals surface area contributed by atoms with Gasteiger partial charge in [-0.1, -0.05) is 6.07 Å². The van der Waals surface area contributed by atoms with E-state index in [0.29, 0.717) is 6.54 Å². The molecule has 0 aliphatic carbocycles. The Morgan fingerprint density at radius 3 is 2.83 bits per heavy atom. The van der Waals surface area contributed by atoms with Crippen molar-refractivity contribution in [3.05, 3.63) is 46.2 Å². The van der Waals surface area contributed by atoms with Crippen LogP contribution in [-0.2, 0) is 12.1 Å². The molecule has 2 aromatic rings. The van der Waals surface area contributed by atoms with Gasteiger partial charge in [-0.25, -0.2) is 9.37 Å². The van der Waals surface area contributed by atoms with Gasteiger partial charge in [0, 0.05) is 18.1 Å². The highest BCUT2D eigenvalue weighted by molar-refractivity contribution is 7.09. The maximum atomic E-state index is 13.3. The fourth-order valence-electron chi connectivity index (χ4n) is 1.61. The quantitative estimate of drug-likeness (QED) is 0.836. The Hall–Kier alpha value is -1.46. The molecule has 1 aromatic heterocycles. The van der Waals surface area contributed by atoms with Crippen molar-refractivity contribution in [3.63, 3.8) is 0 Å². The molecule has 1 aromatic carbocycles. The molecule has 96 valence electrons. The van der Waals surface area contributed by atoms with E-state index in [2.05, 4.69) is 24.1 Å². The van der Waals surface area contributed by atoms with Gasteiger partial charge in [-0.05, 0) is 31.5 Å². The number of nitrogen functional groups attached to an aromatic ring is 1. The molecule has 0 unspecified atom stereocenters. The smallest absolute Gasteiger partial charge is 0.146 e. The lowest BCUT2D eigenvalue weighted by Gasteiger charge is -2.24. The third-order valence-electron chi connectivity index (χ3n) is 2.77. The predicted octanol–water partition coefficient (Wildman–Crippen LogP) is 2.89. The van der Waals surface area contributed by atoms with Crippen LogP contribution in [0.3, 0.4) is 0 Å². The van der Waals surface area contributed by atoms with E-state index < -0.39 is 0 Å². The molecular formula is C13H16FN3S. The number of halogens is 1. The molecule has 0 aliphatic heterocycles. The Labute approximate surface area is 110 Å². The van der Waals surface area contributed by atoms with Crippen LogP contribution < -0.4 is 11.1 Å². The van der Waals surface area contributed by atoms with Gasteiger partial charge in [-0.3, -0.25) is 0 Å². The minimum atomic E-state index is -0.374. The minimum absolute atomic E-state index is 0.179. The number of benzene rings is 1. The molecule has 0 radical (unpaired) electrons. The van der Waals surface area contributed by atoms with Crippen molar-refractivity contribution in [2.75, 3.05) is 5.73 Å². The van der Waals surface area contributed by atoms with E-state index in [0.717, 1.165) is 10.6 Å². The molecule has 0 saturated carbocycles. The summed E-state index contributed by atoms with van der Waals surface area (Å²) in [6.45, 7) is 4.68. The highest BCUT2D eigenvalue weighted by atomic mass is 32.1. The standard InChI is InChI=1S/C13H16FN3S/c1-13(2,12-16-5-6-18-12)17-8-9-3-4-11(15)10(14)7-9/h3-7,17H,8,15H2,1-2H3. The number of thiazole rings is 1. The predicted molar refractivity (Wildman–Crippen MR) is 72.8 cm³/mol. The lowest BCUT2D eigenvalue weighted by atomic mass is 10.1. The Bertz CT molecular complexity index is 523. The lowest BCUT2D eigenvalue weighted by molar-refractivity contribution is 0.399. The van der Waals surface area contributed by atoms with Gasteiger partial charge >= 0.3 is 0 Å². The molecule has 0 fully saturated rings. The maximum absolute atomic E-state index is 13.3. The minimum Gasteiger partial charge on any atom is -0.396 e. The number of anilines is 1. The van der Waals surface area contributed by atoms with Crippen LogP contribution in [0.15, 0.2) is 29.8 Å². The molecule has 0 atom stereocenters. The van der Waals surface area contributed by atoms with Gasteiger partial charge in [0.25, 0.3) is 0 Å². The number of nitrogens with two attached hydrogens (primary N) is 1. The number of hydrogen-bond donors (Lipinski definition) is 2. The first kappa shape index (κ1) is 13.0. The zero-order valence-electron chi connectivity index (χ0n) is 10.4. The van der Waals surface area contributed by atoms with E-state index in [-0.39, 0.29) is 17.0 Å². The van der Waals surface area contributed by atoms with Crippen molar-refractivity contribution in [1.82, 2.24) is 10.3 Å². The Kier molecular flexibility index (Phi) is 3.63. The molecule has 0 bridgehead atoms. The van der Waals surface area contributed by atoms with E-state index in [1.165, 1.54) is 6.07 Å². The molecule has 0 amide bonds. The largest absolute Gasteiger partial charge is 0.396 e. The van der Waals surface area contributed by atoms with Gasteiger partial charge < -0.3 is 11.1 Å². The summed E-state index contributed by atoms with van der Waals surface area (Å²) in [6, 6.07) is 4.87. The molecule has 0 aliphatic rings. The zero-order valence-corrected chi connectivity index (χ0v) is 11.2. The molecule has 3 nitrogen and oxygen atoms in total.